The summed E-state index contributed by atoms with van der Waals surface area (Å²) >= 11 is 0. The molecule has 2 nitrogen and oxygen atoms in total. The summed E-state index contributed by atoms with van der Waals surface area (Å²) in [5, 5.41) is 12.0. The molecule has 0 bridgehead atoms. The van der Waals surface area contributed by atoms with Crippen molar-refractivity contribution in [3.63, 3.8) is 0 Å². The first-order valence-corrected chi connectivity index (χ1v) is 4.91. The molecular formula is C13H14N2. The maximum absolute atomic E-state index is 8.77. The smallest absolute Gasteiger partial charge is 0.0991 e. The molecule has 0 aliphatic heterocycles. The third-order valence-electron chi connectivity index (χ3n) is 2.19. The van der Waals surface area contributed by atoms with Crippen molar-refractivity contribution in [1.29, 1.82) is 5.26 Å². The molecular weight excluding hydrogens is 184 g/mol. The zero-order chi connectivity index (χ0) is 11.1. The minimum absolute atomic E-state index is 0.221. The number of nitriles is 1. The average molecular weight is 198 g/mol. The Morgan fingerprint density at radius 2 is 2.27 bits per heavy atom. The van der Waals surface area contributed by atoms with Crippen LogP contribution in [0.3, 0.4) is 0 Å². The van der Waals surface area contributed by atoms with Gasteiger partial charge in [0.05, 0.1) is 18.2 Å². The van der Waals surface area contributed by atoms with Gasteiger partial charge in [-0.25, -0.2) is 0 Å². The van der Waals surface area contributed by atoms with Gasteiger partial charge in [-0.05, 0) is 31.5 Å². The third-order valence-corrected chi connectivity index (χ3v) is 2.19. The van der Waals surface area contributed by atoms with Gasteiger partial charge in [-0.3, -0.25) is 5.32 Å². The zero-order valence-corrected chi connectivity index (χ0v) is 9.04. The van der Waals surface area contributed by atoms with Gasteiger partial charge in [-0.2, -0.15) is 5.26 Å². The zero-order valence-electron chi connectivity index (χ0n) is 9.04. The van der Waals surface area contributed by atoms with Gasteiger partial charge >= 0.3 is 0 Å². The van der Waals surface area contributed by atoms with Crippen LogP contribution >= 0.6 is 0 Å². The van der Waals surface area contributed by atoms with Crippen molar-refractivity contribution in [3.05, 3.63) is 35.4 Å². The van der Waals surface area contributed by atoms with Crippen LogP contribution in [0, 0.1) is 23.2 Å². The van der Waals surface area contributed by atoms with Crippen LogP contribution in [0.25, 0.3) is 0 Å². The Kier molecular flexibility index (Phi) is 4.41. The first-order valence-electron chi connectivity index (χ1n) is 4.91. The summed E-state index contributed by atoms with van der Waals surface area (Å²) in [4.78, 5) is 0. The summed E-state index contributed by atoms with van der Waals surface area (Å²) in [6.45, 7) is 4.56. The first kappa shape index (κ1) is 11.3. The Morgan fingerprint density at radius 3 is 2.93 bits per heavy atom. The van der Waals surface area contributed by atoms with Gasteiger partial charge < -0.3 is 0 Å². The fraction of sp³-hybridized carbons (Fsp3) is 0.308. The predicted octanol–water partition coefficient (Wildman–Crippen LogP) is 2.23. The topological polar surface area (TPSA) is 35.8 Å². The van der Waals surface area contributed by atoms with Crippen LogP contribution in [-0.4, -0.2) is 6.54 Å². The third kappa shape index (κ3) is 3.46. The van der Waals surface area contributed by atoms with E-state index in [1.807, 2.05) is 31.2 Å². The molecule has 0 saturated carbocycles. The maximum Gasteiger partial charge on any atom is 0.0991 e. The number of hydrogen-bond donors (Lipinski definition) is 1. The second-order valence-electron chi connectivity index (χ2n) is 3.27. The Morgan fingerprint density at radius 1 is 1.47 bits per heavy atom. The molecule has 1 N–H and O–H groups in total. The van der Waals surface area contributed by atoms with E-state index in [2.05, 4.69) is 30.2 Å². The number of rotatable bonds is 3. The van der Waals surface area contributed by atoms with E-state index >= 15 is 0 Å². The van der Waals surface area contributed by atoms with Crippen molar-refractivity contribution >= 4 is 0 Å². The first-order chi connectivity index (χ1) is 7.27. The molecule has 15 heavy (non-hydrogen) atoms. The highest BCUT2D eigenvalue weighted by molar-refractivity contribution is 5.34. The minimum Gasteiger partial charge on any atom is -0.300 e. The van der Waals surface area contributed by atoms with Gasteiger partial charge in [0.1, 0.15) is 0 Å². The van der Waals surface area contributed by atoms with E-state index in [4.69, 9.17) is 5.26 Å². The molecule has 2 heteroatoms. The van der Waals surface area contributed by atoms with Gasteiger partial charge in [0.25, 0.3) is 0 Å². The molecule has 76 valence electrons. The quantitative estimate of drug-likeness (QED) is 0.756. The maximum atomic E-state index is 8.77. The summed E-state index contributed by atoms with van der Waals surface area (Å²) in [6.07, 6.45) is 0. The van der Waals surface area contributed by atoms with Crippen molar-refractivity contribution in [2.24, 2.45) is 0 Å². The highest BCUT2D eigenvalue weighted by atomic mass is 14.9. The van der Waals surface area contributed by atoms with Gasteiger partial charge in [0, 0.05) is 6.04 Å². The second kappa shape index (κ2) is 5.86. The molecule has 0 radical (unpaired) electrons. The predicted molar refractivity (Wildman–Crippen MR) is 61.0 cm³/mol. The van der Waals surface area contributed by atoms with Crippen molar-refractivity contribution in [2.75, 3.05) is 6.54 Å². The van der Waals surface area contributed by atoms with Crippen LogP contribution in [0.1, 0.15) is 31.0 Å². The van der Waals surface area contributed by atoms with Gasteiger partial charge in [-0.1, -0.05) is 18.1 Å². The molecule has 0 aromatic heterocycles. The van der Waals surface area contributed by atoms with E-state index in [1.54, 1.807) is 0 Å². The lowest BCUT2D eigenvalue weighted by atomic mass is 10.1. The minimum atomic E-state index is 0.221. The van der Waals surface area contributed by atoms with Crippen LogP contribution in [0.15, 0.2) is 24.3 Å². The lowest BCUT2D eigenvalue weighted by Gasteiger charge is -2.11. The Hall–Kier alpha value is -1.77. The van der Waals surface area contributed by atoms with E-state index < -0.39 is 0 Å². The van der Waals surface area contributed by atoms with Gasteiger partial charge in [0.15, 0.2) is 0 Å². The summed E-state index contributed by atoms with van der Waals surface area (Å²) in [5.41, 5.74) is 1.81. The highest BCUT2D eigenvalue weighted by Crippen LogP contribution is 2.13. The highest BCUT2D eigenvalue weighted by Gasteiger charge is 2.03. The lowest BCUT2D eigenvalue weighted by molar-refractivity contribution is 0.623. The molecule has 1 rings (SSSR count). The molecule has 1 unspecified atom stereocenters. The number of nitrogens with one attached hydrogen (secondary N) is 1. The van der Waals surface area contributed by atoms with Crippen molar-refractivity contribution in [3.8, 4) is 17.9 Å². The Balaban J connectivity index is 2.68. The van der Waals surface area contributed by atoms with Crippen molar-refractivity contribution < 1.29 is 0 Å². The summed E-state index contributed by atoms with van der Waals surface area (Å²) in [5.74, 6) is 5.78. The summed E-state index contributed by atoms with van der Waals surface area (Å²) in [7, 11) is 0. The summed E-state index contributed by atoms with van der Waals surface area (Å²) < 4.78 is 0. The molecule has 0 fully saturated rings. The van der Waals surface area contributed by atoms with Crippen LogP contribution in [-0.2, 0) is 0 Å². The van der Waals surface area contributed by atoms with E-state index in [0.717, 1.165) is 5.56 Å². The molecule has 0 amide bonds. The van der Waals surface area contributed by atoms with Crippen LogP contribution in [0.5, 0.6) is 0 Å². The Bertz CT molecular complexity index is 418. The summed E-state index contributed by atoms with van der Waals surface area (Å²) in [6, 6.07) is 9.97. The second-order valence-corrected chi connectivity index (χ2v) is 3.27. The van der Waals surface area contributed by atoms with Crippen LogP contribution in [0.4, 0.5) is 0 Å². The molecule has 1 aromatic rings. The molecule has 0 spiro atoms. The van der Waals surface area contributed by atoms with Crippen LogP contribution < -0.4 is 5.32 Å². The fourth-order valence-corrected chi connectivity index (χ4v) is 1.29. The molecule has 0 aliphatic carbocycles. The average Bonchev–Trinajstić information content (AvgIpc) is 2.29. The fourth-order valence-electron chi connectivity index (χ4n) is 1.29. The molecule has 0 heterocycles. The lowest BCUT2D eigenvalue weighted by Crippen LogP contribution is -2.18. The van der Waals surface area contributed by atoms with Crippen LogP contribution in [0.2, 0.25) is 0 Å². The molecule has 1 aromatic carbocycles. The van der Waals surface area contributed by atoms with Gasteiger partial charge in [0.2, 0.25) is 0 Å². The number of hydrogen-bond acceptors (Lipinski definition) is 2. The van der Waals surface area contributed by atoms with Gasteiger partial charge in [-0.15, -0.1) is 5.92 Å². The van der Waals surface area contributed by atoms with Crippen molar-refractivity contribution in [1.82, 2.24) is 5.32 Å². The number of nitrogens with zero attached hydrogens (tertiary/aromatic N) is 1. The molecule has 0 saturated heterocycles. The standard InChI is InChI=1S/C13H14N2/c1-3-4-8-15-11(2)13-7-5-6-12(9-13)10-14/h5-7,9,11,15H,8H2,1-2H3. The Labute approximate surface area is 90.9 Å². The van der Waals surface area contributed by atoms with Crippen molar-refractivity contribution in [2.45, 2.75) is 19.9 Å². The van der Waals surface area contributed by atoms with E-state index in [-0.39, 0.29) is 6.04 Å². The molecule has 0 aliphatic rings. The van der Waals surface area contributed by atoms with E-state index in [1.165, 1.54) is 0 Å². The normalized spacial score (nSPS) is 11.0. The van der Waals surface area contributed by atoms with E-state index in [0.29, 0.717) is 12.1 Å². The number of benzene rings is 1. The van der Waals surface area contributed by atoms with E-state index in [9.17, 15) is 0 Å². The largest absolute Gasteiger partial charge is 0.300 e. The monoisotopic (exact) mass is 198 g/mol. The SMILES string of the molecule is CC#CCNC(C)c1cccc(C#N)c1. The molecule has 1 atom stereocenters.